The number of hydrogen-bond acceptors (Lipinski definition) is 2. The van der Waals surface area contributed by atoms with Crippen LogP contribution in [0.4, 0.5) is 4.39 Å². The first-order chi connectivity index (χ1) is 9.13. The van der Waals surface area contributed by atoms with Crippen LogP contribution in [-0.4, -0.2) is 6.54 Å². The van der Waals surface area contributed by atoms with Crippen LogP contribution in [0.1, 0.15) is 30.5 Å². The zero-order valence-corrected chi connectivity index (χ0v) is 12.8. The van der Waals surface area contributed by atoms with Crippen LogP contribution in [0.3, 0.4) is 0 Å². The molecule has 19 heavy (non-hydrogen) atoms. The van der Waals surface area contributed by atoms with E-state index in [0.717, 1.165) is 23.0 Å². The Morgan fingerprint density at radius 1 is 1.37 bits per heavy atom. The molecule has 2 rings (SSSR count). The SMILES string of the molecule is CCCNC(c1cc(Br)ccc1F)c1ccoc1Cl. The van der Waals surface area contributed by atoms with Crippen LogP contribution in [-0.2, 0) is 0 Å². The molecule has 0 amide bonds. The minimum Gasteiger partial charge on any atom is -0.453 e. The number of nitrogens with one attached hydrogen (secondary N) is 1. The van der Waals surface area contributed by atoms with Crippen molar-refractivity contribution in [2.45, 2.75) is 19.4 Å². The van der Waals surface area contributed by atoms with Gasteiger partial charge in [-0.25, -0.2) is 4.39 Å². The van der Waals surface area contributed by atoms with Crippen molar-refractivity contribution in [2.75, 3.05) is 6.54 Å². The smallest absolute Gasteiger partial charge is 0.198 e. The molecule has 1 aromatic carbocycles. The molecule has 2 aromatic rings. The van der Waals surface area contributed by atoms with Gasteiger partial charge >= 0.3 is 0 Å². The van der Waals surface area contributed by atoms with E-state index in [1.165, 1.54) is 12.3 Å². The van der Waals surface area contributed by atoms with Crippen molar-refractivity contribution in [1.82, 2.24) is 5.32 Å². The molecule has 1 unspecified atom stereocenters. The minimum atomic E-state index is -0.316. The van der Waals surface area contributed by atoms with Gasteiger partial charge in [-0.05, 0) is 48.8 Å². The van der Waals surface area contributed by atoms with Crippen LogP contribution < -0.4 is 5.32 Å². The molecule has 102 valence electrons. The van der Waals surface area contributed by atoms with Crippen LogP contribution in [0.2, 0.25) is 5.22 Å². The maximum absolute atomic E-state index is 14.0. The Balaban J connectivity index is 2.42. The summed E-state index contributed by atoms with van der Waals surface area (Å²) in [6.07, 6.45) is 2.45. The van der Waals surface area contributed by atoms with Gasteiger partial charge in [-0.15, -0.1) is 0 Å². The van der Waals surface area contributed by atoms with Gasteiger partial charge in [0.1, 0.15) is 5.82 Å². The molecule has 1 heterocycles. The third-order valence-electron chi connectivity index (χ3n) is 2.82. The summed E-state index contributed by atoms with van der Waals surface area (Å²) in [5.74, 6) is -0.269. The Labute approximate surface area is 125 Å². The standard InChI is InChI=1S/C14H14BrClFNO/c1-2-6-18-13(10-5-7-19-14(10)16)11-8-9(15)3-4-12(11)17/h3-5,7-8,13,18H,2,6H2,1H3. The highest BCUT2D eigenvalue weighted by Crippen LogP contribution is 2.32. The molecule has 0 fully saturated rings. The lowest BCUT2D eigenvalue weighted by Gasteiger charge is -2.19. The van der Waals surface area contributed by atoms with E-state index in [1.54, 1.807) is 18.2 Å². The number of hydrogen-bond donors (Lipinski definition) is 1. The second kappa shape index (κ2) is 6.55. The fourth-order valence-corrected chi connectivity index (χ4v) is 2.52. The van der Waals surface area contributed by atoms with E-state index in [9.17, 15) is 4.39 Å². The zero-order chi connectivity index (χ0) is 13.8. The average Bonchev–Trinajstić information content (AvgIpc) is 2.80. The second-order valence-corrected chi connectivity index (χ2v) is 5.46. The number of furan rings is 1. The molecule has 1 N–H and O–H groups in total. The number of benzene rings is 1. The largest absolute Gasteiger partial charge is 0.453 e. The van der Waals surface area contributed by atoms with E-state index >= 15 is 0 Å². The van der Waals surface area contributed by atoms with Gasteiger partial charge in [0.25, 0.3) is 0 Å². The highest BCUT2D eigenvalue weighted by Gasteiger charge is 2.21. The predicted octanol–water partition coefficient (Wildman–Crippen LogP) is 4.92. The van der Waals surface area contributed by atoms with Crippen molar-refractivity contribution in [3.8, 4) is 0 Å². The summed E-state index contributed by atoms with van der Waals surface area (Å²) in [5.41, 5.74) is 1.29. The van der Waals surface area contributed by atoms with Crippen molar-refractivity contribution in [2.24, 2.45) is 0 Å². The van der Waals surface area contributed by atoms with Gasteiger partial charge in [-0.1, -0.05) is 22.9 Å². The number of rotatable bonds is 5. The molecule has 0 aliphatic carbocycles. The minimum absolute atomic E-state index is 0.269. The third kappa shape index (κ3) is 3.38. The molecule has 5 heteroatoms. The van der Waals surface area contributed by atoms with E-state index in [4.69, 9.17) is 16.0 Å². The average molecular weight is 347 g/mol. The Hall–Kier alpha value is -0.840. The van der Waals surface area contributed by atoms with Crippen LogP contribution in [0.25, 0.3) is 0 Å². The molecule has 2 nitrogen and oxygen atoms in total. The van der Waals surface area contributed by atoms with Gasteiger partial charge in [0, 0.05) is 15.6 Å². The second-order valence-electron chi connectivity index (χ2n) is 4.20. The van der Waals surface area contributed by atoms with E-state index < -0.39 is 0 Å². The van der Waals surface area contributed by atoms with Crippen molar-refractivity contribution in [3.05, 3.63) is 57.2 Å². The Morgan fingerprint density at radius 2 is 2.16 bits per heavy atom. The van der Waals surface area contributed by atoms with Crippen LogP contribution in [0.5, 0.6) is 0 Å². The van der Waals surface area contributed by atoms with Crippen LogP contribution >= 0.6 is 27.5 Å². The van der Waals surface area contributed by atoms with Gasteiger partial charge in [-0.2, -0.15) is 0 Å². The predicted molar refractivity (Wildman–Crippen MR) is 78.0 cm³/mol. The molecule has 0 aliphatic rings. The normalized spacial score (nSPS) is 12.6. The first-order valence-corrected chi connectivity index (χ1v) is 7.21. The fourth-order valence-electron chi connectivity index (χ4n) is 1.92. The quantitative estimate of drug-likeness (QED) is 0.831. The van der Waals surface area contributed by atoms with E-state index in [0.29, 0.717) is 5.56 Å². The molecule has 0 radical (unpaired) electrons. The Bertz CT molecular complexity index is 558. The highest BCUT2D eigenvalue weighted by molar-refractivity contribution is 9.10. The molecule has 0 aliphatic heterocycles. The molecule has 1 atom stereocenters. The molecular formula is C14H14BrClFNO. The summed E-state index contributed by atoms with van der Waals surface area (Å²) < 4.78 is 20.0. The lowest BCUT2D eigenvalue weighted by Crippen LogP contribution is -2.24. The summed E-state index contributed by atoms with van der Waals surface area (Å²) in [6.45, 7) is 2.82. The first kappa shape index (κ1) is 14.6. The molecule has 0 saturated carbocycles. The molecule has 0 saturated heterocycles. The van der Waals surface area contributed by atoms with E-state index in [2.05, 4.69) is 28.2 Å². The number of halogens is 3. The van der Waals surface area contributed by atoms with Gasteiger partial charge in [0.15, 0.2) is 5.22 Å². The first-order valence-electron chi connectivity index (χ1n) is 6.04. The van der Waals surface area contributed by atoms with Crippen molar-refractivity contribution < 1.29 is 8.81 Å². The summed E-state index contributed by atoms with van der Waals surface area (Å²) in [4.78, 5) is 0. The summed E-state index contributed by atoms with van der Waals surface area (Å²) >= 11 is 9.38. The van der Waals surface area contributed by atoms with E-state index in [1.807, 2.05) is 0 Å². The third-order valence-corrected chi connectivity index (χ3v) is 3.63. The molecule has 0 bridgehead atoms. The summed E-state index contributed by atoms with van der Waals surface area (Å²) in [7, 11) is 0. The van der Waals surface area contributed by atoms with Crippen LogP contribution in [0, 0.1) is 5.82 Å². The van der Waals surface area contributed by atoms with Crippen LogP contribution in [0.15, 0.2) is 39.4 Å². The maximum atomic E-state index is 14.0. The van der Waals surface area contributed by atoms with E-state index in [-0.39, 0.29) is 17.1 Å². The highest BCUT2D eigenvalue weighted by atomic mass is 79.9. The zero-order valence-electron chi connectivity index (χ0n) is 10.4. The van der Waals surface area contributed by atoms with Gasteiger partial charge in [-0.3, -0.25) is 0 Å². The van der Waals surface area contributed by atoms with Gasteiger partial charge in [0.05, 0.1) is 12.3 Å². The summed E-state index contributed by atoms with van der Waals surface area (Å²) in [5, 5.41) is 3.58. The fraction of sp³-hybridized carbons (Fsp3) is 0.286. The summed E-state index contributed by atoms with van der Waals surface area (Å²) in [6, 6.07) is 6.31. The molecular weight excluding hydrogens is 333 g/mol. The topological polar surface area (TPSA) is 25.2 Å². The molecule has 0 spiro atoms. The lowest BCUT2D eigenvalue weighted by molar-refractivity contribution is 0.531. The lowest BCUT2D eigenvalue weighted by atomic mass is 10.0. The maximum Gasteiger partial charge on any atom is 0.198 e. The van der Waals surface area contributed by atoms with Crippen molar-refractivity contribution in [1.29, 1.82) is 0 Å². The van der Waals surface area contributed by atoms with Gasteiger partial charge < -0.3 is 9.73 Å². The van der Waals surface area contributed by atoms with Crippen molar-refractivity contribution >= 4 is 27.5 Å². The monoisotopic (exact) mass is 345 g/mol. The Kier molecular flexibility index (Phi) is 5.02. The van der Waals surface area contributed by atoms with Gasteiger partial charge in [0.2, 0.25) is 0 Å². The Morgan fingerprint density at radius 3 is 2.79 bits per heavy atom. The molecule has 1 aromatic heterocycles. The van der Waals surface area contributed by atoms with Crippen molar-refractivity contribution in [3.63, 3.8) is 0 Å².